The van der Waals surface area contributed by atoms with E-state index in [4.69, 9.17) is 16.6 Å². The number of aliphatic carboxylic acids is 1. The summed E-state index contributed by atoms with van der Waals surface area (Å²) in [6, 6.07) is 1.00. The molecule has 5 amide bonds. The summed E-state index contributed by atoms with van der Waals surface area (Å²) in [4.78, 5) is 74.3. The van der Waals surface area contributed by atoms with E-state index in [0.717, 1.165) is 0 Å². The number of primary amides is 1. The monoisotopic (exact) mass is 578 g/mol. The van der Waals surface area contributed by atoms with Crippen LogP contribution < -0.4 is 32.7 Å². The average Bonchev–Trinajstić information content (AvgIpc) is 2.87. The van der Waals surface area contributed by atoms with Gasteiger partial charge in [-0.3, -0.25) is 28.8 Å². The lowest BCUT2D eigenvalue weighted by Crippen LogP contribution is -2.58. The van der Waals surface area contributed by atoms with Gasteiger partial charge < -0.3 is 42.9 Å². The zero-order valence-corrected chi connectivity index (χ0v) is 23.6. The molecule has 0 fully saturated rings. The Balaban J connectivity index is 3.22. The Labute approximate surface area is 239 Å². The standard InChI is InChI=1S/C27H42N6O8/c1-15(2)12-21(32-25(39)19(30-16(3)34)6-4-5-11-28)26(40)33-22(13-17-7-9-18(35)10-8-17)27(41)31-20(24(29)38)14-23(36)37/h7-10,15,19-22,35H,4-6,11-14,28H2,1-3H3,(H2,29,38)(H,30,34)(H,31,41)(H,32,39)(H,33,40)(H,36,37)/t19-,20-,21-,22-/m0/s1. The maximum atomic E-state index is 13.4. The molecule has 0 saturated carbocycles. The van der Waals surface area contributed by atoms with Gasteiger partial charge in [0.1, 0.15) is 29.9 Å². The number of rotatable bonds is 18. The Kier molecular flexibility index (Phi) is 14.8. The summed E-state index contributed by atoms with van der Waals surface area (Å²) in [6.45, 7) is 5.37. The van der Waals surface area contributed by atoms with E-state index in [1.165, 1.54) is 31.2 Å². The van der Waals surface area contributed by atoms with Gasteiger partial charge in [-0.05, 0) is 55.8 Å². The predicted octanol–water partition coefficient (Wildman–Crippen LogP) is -0.971. The number of carboxylic acids is 1. The van der Waals surface area contributed by atoms with E-state index in [1.807, 2.05) is 13.8 Å². The summed E-state index contributed by atoms with van der Waals surface area (Å²) in [5.74, 6) is -5.08. The molecule has 0 aliphatic heterocycles. The zero-order valence-electron chi connectivity index (χ0n) is 23.6. The van der Waals surface area contributed by atoms with Crippen molar-refractivity contribution in [3.63, 3.8) is 0 Å². The first kappa shape index (κ1) is 34.8. The minimum Gasteiger partial charge on any atom is -0.508 e. The Hall–Kier alpha value is -4.20. The molecule has 41 heavy (non-hydrogen) atoms. The summed E-state index contributed by atoms with van der Waals surface area (Å²) in [7, 11) is 0. The normalized spacial score (nSPS) is 13.8. The highest BCUT2D eigenvalue weighted by atomic mass is 16.4. The molecule has 0 spiro atoms. The van der Waals surface area contributed by atoms with E-state index in [9.17, 15) is 33.9 Å². The van der Waals surface area contributed by atoms with Crippen LogP contribution in [0.25, 0.3) is 0 Å². The van der Waals surface area contributed by atoms with Crippen LogP contribution in [0.3, 0.4) is 0 Å². The highest BCUT2D eigenvalue weighted by molar-refractivity contribution is 5.96. The number of carbonyl (C=O) groups excluding carboxylic acids is 5. The van der Waals surface area contributed by atoms with Gasteiger partial charge in [0.05, 0.1) is 6.42 Å². The molecule has 0 radical (unpaired) electrons. The molecule has 14 heteroatoms. The van der Waals surface area contributed by atoms with Crippen molar-refractivity contribution in [2.45, 2.75) is 83.5 Å². The smallest absolute Gasteiger partial charge is 0.305 e. The third-order valence-electron chi connectivity index (χ3n) is 6.03. The molecular weight excluding hydrogens is 536 g/mol. The lowest BCUT2D eigenvalue weighted by atomic mass is 10.00. The third kappa shape index (κ3) is 13.6. The summed E-state index contributed by atoms with van der Waals surface area (Å²) in [6.07, 6.45) is 0.865. The molecule has 14 nitrogen and oxygen atoms in total. The maximum absolute atomic E-state index is 13.4. The molecule has 0 unspecified atom stereocenters. The molecule has 1 rings (SSSR count). The van der Waals surface area contributed by atoms with Gasteiger partial charge in [-0.2, -0.15) is 0 Å². The number of hydrogen-bond donors (Lipinski definition) is 8. The van der Waals surface area contributed by atoms with Crippen LogP contribution in [0.2, 0.25) is 0 Å². The van der Waals surface area contributed by atoms with Crippen molar-refractivity contribution in [3.8, 4) is 5.75 Å². The van der Waals surface area contributed by atoms with Crippen LogP contribution in [-0.2, 0) is 35.2 Å². The fourth-order valence-electron chi connectivity index (χ4n) is 4.00. The first-order chi connectivity index (χ1) is 19.2. The van der Waals surface area contributed by atoms with E-state index >= 15 is 0 Å². The van der Waals surface area contributed by atoms with Crippen LogP contribution in [0.5, 0.6) is 5.75 Å². The van der Waals surface area contributed by atoms with Crippen LogP contribution in [0.1, 0.15) is 58.4 Å². The molecule has 0 saturated heterocycles. The third-order valence-corrected chi connectivity index (χ3v) is 6.03. The molecule has 228 valence electrons. The number of amides is 5. The van der Waals surface area contributed by atoms with Crippen molar-refractivity contribution in [1.29, 1.82) is 0 Å². The van der Waals surface area contributed by atoms with Gasteiger partial charge >= 0.3 is 5.97 Å². The maximum Gasteiger partial charge on any atom is 0.305 e. The molecule has 10 N–H and O–H groups in total. The van der Waals surface area contributed by atoms with E-state index in [1.54, 1.807) is 0 Å². The quantitative estimate of drug-likeness (QED) is 0.0997. The number of nitrogens with two attached hydrogens (primary N) is 2. The first-order valence-electron chi connectivity index (χ1n) is 13.4. The number of unbranched alkanes of at least 4 members (excludes halogenated alkanes) is 1. The van der Waals surface area contributed by atoms with Crippen molar-refractivity contribution in [2.75, 3.05) is 6.54 Å². The van der Waals surface area contributed by atoms with Crippen molar-refractivity contribution in [2.24, 2.45) is 17.4 Å². The largest absolute Gasteiger partial charge is 0.508 e. The van der Waals surface area contributed by atoms with Crippen LogP contribution in [0.4, 0.5) is 0 Å². The van der Waals surface area contributed by atoms with Gasteiger partial charge in [-0.15, -0.1) is 0 Å². The van der Waals surface area contributed by atoms with E-state index in [-0.39, 0.29) is 24.5 Å². The van der Waals surface area contributed by atoms with Crippen molar-refractivity contribution < 1.29 is 39.0 Å². The Bertz CT molecular complexity index is 1060. The number of hydrogen-bond acceptors (Lipinski definition) is 8. The average molecular weight is 579 g/mol. The lowest BCUT2D eigenvalue weighted by Gasteiger charge is -2.27. The van der Waals surface area contributed by atoms with Crippen molar-refractivity contribution in [1.82, 2.24) is 21.3 Å². The van der Waals surface area contributed by atoms with E-state index in [2.05, 4.69) is 21.3 Å². The predicted molar refractivity (Wildman–Crippen MR) is 149 cm³/mol. The molecular formula is C27H42N6O8. The van der Waals surface area contributed by atoms with Gasteiger partial charge in [-0.25, -0.2) is 0 Å². The molecule has 0 aromatic heterocycles. The number of phenolic OH excluding ortho intramolecular Hbond substituents is 1. The molecule has 0 heterocycles. The van der Waals surface area contributed by atoms with Gasteiger partial charge in [0, 0.05) is 13.3 Å². The lowest BCUT2D eigenvalue weighted by molar-refractivity contribution is -0.140. The number of benzene rings is 1. The van der Waals surface area contributed by atoms with E-state index in [0.29, 0.717) is 31.4 Å². The summed E-state index contributed by atoms with van der Waals surface area (Å²) < 4.78 is 0. The van der Waals surface area contributed by atoms with Gasteiger partial charge in [0.25, 0.3) is 0 Å². The highest BCUT2D eigenvalue weighted by Gasteiger charge is 2.31. The molecule has 0 aliphatic rings. The SMILES string of the molecule is CC(=O)N[C@@H](CCCCN)C(=O)N[C@@H](CC(C)C)C(=O)N[C@@H](Cc1ccc(O)cc1)C(=O)N[C@@H](CC(=O)O)C(N)=O. The van der Waals surface area contributed by atoms with Gasteiger partial charge in [-0.1, -0.05) is 26.0 Å². The van der Waals surface area contributed by atoms with Crippen LogP contribution >= 0.6 is 0 Å². The Morgan fingerprint density at radius 3 is 1.85 bits per heavy atom. The summed E-state index contributed by atoms with van der Waals surface area (Å²) >= 11 is 0. The van der Waals surface area contributed by atoms with E-state index < -0.39 is 66.1 Å². The molecule has 1 aromatic rings. The molecule has 0 bridgehead atoms. The molecule has 1 aromatic carbocycles. The second kappa shape index (κ2) is 17.5. The summed E-state index contributed by atoms with van der Waals surface area (Å²) in [5.41, 5.74) is 11.3. The number of nitrogens with one attached hydrogen (secondary N) is 4. The molecule has 4 atom stereocenters. The fourth-order valence-corrected chi connectivity index (χ4v) is 4.00. The second-order valence-electron chi connectivity index (χ2n) is 10.2. The minimum absolute atomic E-state index is 0.0195. The highest BCUT2D eigenvalue weighted by Crippen LogP contribution is 2.13. The van der Waals surface area contributed by atoms with Gasteiger partial charge in [0.15, 0.2) is 0 Å². The van der Waals surface area contributed by atoms with Crippen LogP contribution in [0.15, 0.2) is 24.3 Å². The minimum atomic E-state index is -1.53. The number of phenols is 1. The number of aromatic hydroxyl groups is 1. The van der Waals surface area contributed by atoms with Crippen LogP contribution in [-0.4, -0.2) is 76.4 Å². The van der Waals surface area contributed by atoms with Gasteiger partial charge in [0.2, 0.25) is 29.5 Å². The fraction of sp³-hybridized carbons (Fsp3) is 0.556. The topological polar surface area (TPSA) is 243 Å². The first-order valence-corrected chi connectivity index (χ1v) is 13.4. The second-order valence-corrected chi connectivity index (χ2v) is 10.2. The molecule has 0 aliphatic carbocycles. The Morgan fingerprint density at radius 1 is 0.805 bits per heavy atom. The zero-order chi connectivity index (χ0) is 31.1. The van der Waals surface area contributed by atoms with Crippen molar-refractivity contribution >= 4 is 35.5 Å². The van der Waals surface area contributed by atoms with Crippen LogP contribution in [0, 0.1) is 5.92 Å². The number of carbonyl (C=O) groups is 6. The number of carboxylic acid groups (broad SMARTS) is 1. The summed E-state index contributed by atoms with van der Waals surface area (Å²) in [5, 5.41) is 28.8. The van der Waals surface area contributed by atoms with Crippen molar-refractivity contribution in [3.05, 3.63) is 29.8 Å². The Morgan fingerprint density at radius 2 is 1.34 bits per heavy atom.